The molecule has 0 rings (SSSR count). The Kier molecular flexibility index (Phi) is 6.45. The van der Waals surface area contributed by atoms with E-state index in [1.165, 1.54) is 0 Å². The standard InChI is InChI=1S/C9H16O10/c1-3(11)9(17,18)19-8(16)7(15)6(14)5(13)4(12)2-10/h4-7,10,12-15,17-18H,2H2,1H3. The van der Waals surface area contributed by atoms with Gasteiger partial charge in [0.15, 0.2) is 6.10 Å². The summed E-state index contributed by atoms with van der Waals surface area (Å²) < 4.78 is 3.80. The molecule has 0 spiro atoms. The highest BCUT2D eigenvalue weighted by Gasteiger charge is 2.41. The fourth-order valence-corrected chi connectivity index (χ4v) is 0.934. The first-order valence-electron chi connectivity index (χ1n) is 5.06. The van der Waals surface area contributed by atoms with Crippen molar-refractivity contribution < 1.29 is 50.1 Å². The Morgan fingerprint density at radius 2 is 1.58 bits per heavy atom. The number of ketones is 1. The molecule has 19 heavy (non-hydrogen) atoms. The highest BCUT2D eigenvalue weighted by Crippen LogP contribution is 2.11. The minimum Gasteiger partial charge on any atom is -0.400 e. The SMILES string of the molecule is CC(=O)C(O)(O)OC(=O)C(O)C(O)C(O)C(O)CO. The van der Waals surface area contributed by atoms with Gasteiger partial charge in [-0.15, -0.1) is 0 Å². The van der Waals surface area contributed by atoms with Crippen LogP contribution in [0.3, 0.4) is 0 Å². The Morgan fingerprint density at radius 3 is 1.95 bits per heavy atom. The number of rotatable bonds is 7. The highest BCUT2D eigenvalue weighted by atomic mass is 16.8. The van der Waals surface area contributed by atoms with Crippen molar-refractivity contribution in [2.24, 2.45) is 0 Å². The lowest BCUT2D eigenvalue weighted by atomic mass is 10.0. The molecule has 0 saturated heterocycles. The molecule has 10 heteroatoms. The van der Waals surface area contributed by atoms with Gasteiger partial charge in [0, 0.05) is 6.92 Å². The summed E-state index contributed by atoms with van der Waals surface area (Å²) in [5, 5.41) is 63.0. The second kappa shape index (κ2) is 6.86. The molecular formula is C9H16O10. The number of aliphatic hydroxyl groups excluding tert-OH is 5. The monoisotopic (exact) mass is 284 g/mol. The molecule has 0 aromatic heterocycles. The number of ether oxygens (including phenoxy) is 1. The summed E-state index contributed by atoms with van der Waals surface area (Å²) in [4.78, 5) is 21.8. The third-order valence-corrected chi connectivity index (χ3v) is 2.20. The van der Waals surface area contributed by atoms with E-state index in [0.717, 1.165) is 0 Å². The molecule has 4 unspecified atom stereocenters. The predicted octanol–water partition coefficient (Wildman–Crippen LogP) is -4.81. The molecule has 0 aromatic carbocycles. The molecular weight excluding hydrogens is 268 g/mol. The van der Waals surface area contributed by atoms with Crippen molar-refractivity contribution in [1.29, 1.82) is 0 Å². The number of hydrogen-bond acceptors (Lipinski definition) is 10. The quantitative estimate of drug-likeness (QED) is 0.177. The molecule has 0 aromatic rings. The summed E-state index contributed by atoms with van der Waals surface area (Å²) in [7, 11) is 0. The molecule has 10 nitrogen and oxygen atoms in total. The van der Waals surface area contributed by atoms with E-state index in [-0.39, 0.29) is 0 Å². The van der Waals surface area contributed by atoms with Crippen LogP contribution in [-0.4, -0.2) is 84.5 Å². The Bertz CT molecular complexity index is 327. The first-order chi connectivity index (χ1) is 8.54. The van der Waals surface area contributed by atoms with E-state index in [2.05, 4.69) is 4.74 Å². The summed E-state index contributed by atoms with van der Waals surface area (Å²) in [6, 6.07) is 0. The van der Waals surface area contributed by atoms with Gasteiger partial charge in [-0.2, -0.15) is 0 Å². The number of hydrogen-bond donors (Lipinski definition) is 7. The lowest BCUT2D eigenvalue weighted by Gasteiger charge is -2.26. The average Bonchev–Trinajstić information content (AvgIpc) is 2.34. The fourth-order valence-electron chi connectivity index (χ4n) is 0.934. The Labute approximate surface area is 107 Å². The van der Waals surface area contributed by atoms with E-state index in [1.54, 1.807) is 0 Å². The van der Waals surface area contributed by atoms with E-state index in [4.69, 9.17) is 20.4 Å². The highest BCUT2D eigenvalue weighted by molar-refractivity contribution is 5.85. The summed E-state index contributed by atoms with van der Waals surface area (Å²) in [5.74, 6) is -6.67. The van der Waals surface area contributed by atoms with E-state index < -0.39 is 48.7 Å². The van der Waals surface area contributed by atoms with Crippen LogP contribution >= 0.6 is 0 Å². The summed E-state index contributed by atoms with van der Waals surface area (Å²) in [6.45, 7) is -0.280. The van der Waals surface area contributed by atoms with Crippen LogP contribution in [0.1, 0.15) is 6.92 Å². The molecule has 4 atom stereocenters. The van der Waals surface area contributed by atoms with Gasteiger partial charge in [0.05, 0.1) is 6.61 Å². The van der Waals surface area contributed by atoms with E-state index >= 15 is 0 Å². The van der Waals surface area contributed by atoms with Gasteiger partial charge in [0.2, 0.25) is 5.78 Å². The molecule has 0 aliphatic carbocycles. The van der Waals surface area contributed by atoms with Crippen molar-refractivity contribution in [2.75, 3.05) is 6.61 Å². The molecule has 0 radical (unpaired) electrons. The zero-order valence-corrected chi connectivity index (χ0v) is 9.87. The minimum atomic E-state index is -3.49. The number of esters is 1. The zero-order valence-electron chi connectivity index (χ0n) is 9.87. The molecule has 0 amide bonds. The van der Waals surface area contributed by atoms with Crippen LogP contribution in [0.15, 0.2) is 0 Å². The van der Waals surface area contributed by atoms with E-state index in [0.29, 0.717) is 6.92 Å². The first-order valence-corrected chi connectivity index (χ1v) is 5.06. The van der Waals surface area contributed by atoms with Crippen LogP contribution in [0.4, 0.5) is 0 Å². The minimum absolute atomic E-state index is 0.681. The van der Waals surface area contributed by atoms with Crippen molar-refractivity contribution in [3.8, 4) is 0 Å². The fraction of sp³-hybridized carbons (Fsp3) is 0.778. The number of carbonyl (C=O) groups excluding carboxylic acids is 2. The van der Waals surface area contributed by atoms with Gasteiger partial charge in [0.25, 0.3) is 0 Å². The first kappa shape index (κ1) is 17.9. The second-order valence-corrected chi connectivity index (χ2v) is 3.76. The largest absolute Gasteiger partial charge is 0.400 e. The van der Waals surface area contributed by atoms with Gasteiger partial charge in [-0.05, 0) is 0 Å². The molecule has 0 aliphatic heterocycles. The Hall–Kier alpha value is -1.14. The van der Waals surface area contributed by atoms with Crippen LogP contribution in [0.25, 0.3) is 0 Å². The maximum Gasteiger partial charge on any atom is 0.388 e. The molecule has 0 heterocycles. The smallest absolute Gasteiger partial charge is 0.388 e. The molecule has 0 aliphatic rings. The molecule has 0 fully saturated rings. The lowest BCUT2D eigenvalue weighted by molar-refractivity contribution is -0.300. The Morgan fingerprint density at radius 1 is 1.11 bits per heavy atom. The zero-order chi connectivity index (χ0) is 15.4. The van der Waals surface area contributed by atoms with Gasteiger partial charge in [-0.1, -0.05) is 0 Å². The summed E-state index contributed by atoms with van der Waals surface area (Å²) in [6.07, 6.45) is -8.71. The van der Waals surface area contributed by atoms with Gasteiger partial charge < -0.3 is 40.5 Å². The normalized spacial score (nSPS) is 18.3. The van der Waals surface area contributed by atoms with Crippen LogP contribution in [0.5, 0.6) is 0 Å². The predicted molar refractivity (Wildman–Crippen MR) is 55.1 cm³/mol. The maximum atomic E-state index is 11.2. The van der Waals surface area contributed by atoms with Crippen molar-refractivity contribution in [2.45, 2.75) is 37.3 Å². The number of aliphatic hydroxyl groups is 7. The molecule has 7 N–H and O–H groups in total. The third-order valence-electron chi connectivity index (χ3n) is 2.20. The average molecular weight is 284 g/mol. The molecule has 0 saturated carbocycles. The Balaban J connectivity index is 4.70. The van der Waals surface area contributed by atoms with Gasteiger partial charge >= 0.3 is 11.9 Å². The van der Waals surface area contributed by atoms with Gasteiger partial charge in [0.1, 0.15) is 18.3 Å². The van der Waals surface area contributed by atoms with Crippen molar-refractivity contribution >= 4 is 11.8 Å². The molecule has 112 valence electrons. The van der Waals surface area contributed by atoms with Crippen LogP contribution in [0.2, 0.25) is 0 Å². The van der Waals surface area contributed by atoms with Crippen molar-refractivity contribution in [3.63, 3.8) is 0 Å². The van der Waals surface area contributed by atoms with Gasteiger partial charge in [-0.3, -0.25) is 4.79 Å². The summed E-state index contributed by atoms with van der Waals surface area (Å²) >= 11 is 0. The van der Waals surface area contributed by atoms with Crippen LogP contribution in [0, 0.1) is 0 Å². The lowest BCUT2D eigenvalue weighted by Crippen LogP contribution is -2.52. The van der Waals surface area contributed by atoms with Crippen LogP contribution in [-0.2, 0) is 14.3 Å². The van der Waals surface area contributed by atoms with Crippen molar-refractivity contribution in [1.82, 2.24) is 0 Å². The van der Waals surface area contributed by atoms with Crippen molar-refractivity contribution in [3.05, 3.63) is 0 Å². The van der Waals surface area contributed by atoms with E-state index in [9.17, 15) is 24.9 Å². The van der Waals surface area contributed by atoms with Gasteiger partial charge in [-0.25, -0.2) is 4.79 Å². The summed E-state index contributed by atoms with van der Waals surface area (Å²) in [5.41, 5.74) is 0. The second-order valence-electron chi connectivity index (χ2n) is 3.76. The third kappa shape index (κ3) is 4.80. The topological polar surface area (TPSA) is 185 Å². The molecule has 0 bridgehead atoms. The van der Waals surface area contributed by atoms with E-state index in [1.807, 2.05) is 0 Å². The number of carbonyl (C=O) groups is 2. The maximum absolute atomic E-state index is 11.2. The number of Topliss-reactive ketones (excluding diaryl/α,β-unsaturated/α-hetero) is 1. The van der Waals surface area contributed by atoms with Crippen LogP contribution < -0.4 is 0 Å².